The van der Waals surface area contributed by atoms with E-state index in [1.54, 1.807) is 6.92 Å². The molecule has 0 spiro atoms. The maximum Gasteiger partial charge on any atom is 0.315 e. The summed E-state index contributed by atoms with van der Waals surface area (Å²) in [5.74, 6) is -1.98. The van der Waals surface area contributed by atoms with Gasteiger partial charge in [0.1, 0.15) is 0 Å². The Hall–Kier alpha value is -1.69. The van der Waals surface area contributed by atoms with Gasteiger partial charge < -0.3 is 15.7 Å². The number of rotatable bonds is 4. The Morgan fingerprint density at radius 2 is 1.91 bits per heavy atom. The lowest BCUT2D eigenvalue weighted by Gasteiger charge is -2.25. The first-order valence-corrected chi connectivity index (χ1v) is 7.67. The van der Waals surface area contributed by atoms with Crippen LogP contribution in [0.25, 0.3) is 0 Å². The Kier molecular flexibility index (Phi) is 5.71. The molecular weight excluding hydrogens is 290 g/mol. The molecule has 3 N–H and O–H groups in total. The van der Waals surface area contributed by atoms with Gasteiger partial charge in [0.05, 0.1) is 12.1 Å². The number of carbonyl (C=O) groups excluding carboxylic acids is 1. The largest absolute Gasteiger partial charge is 0.386 e. The molecule has 22 heavy (non-hydrogen) atoms. The lowest BCUT2D eigenvalue weighted by Crippen LogP contribution is -2.47. The number of aliphatic hydroxyl groups is 1. The summed E-state index contributed by atoms with van der Waals surface area (Å²) in [5, 5.41) is 15.7. The van der Waals surface area contributed by atoms with Crippen LogP contribution in [0.4, 0.5) is 13.6 Å². The van der Waals surface area contributed by atoms with E-state index in [2.05, 4.69) is 10.6 Å². The van der Waals surface area contributed by atoms with Gasteiger partial charge >= 0.3 is 6.03 Å². The molecule has 1 aliphatic carbocycles. The summed E-state index contributed by atoms with van der Waals surface area (Å²) in [4.78, 5) is 11.9. The molecule has 4 nitrogen and oxygen atoms in total. The van der Waals surface area contributed by atoms with Crippen LogP contribution in [-0.4, -0.2) is 23.2 Å². The second-order valence-corrected chi connectivity index (χ2v) is 5.86. The molecule has 1 aliphatic rings. The van der Waals surface area contributed by atoms with E-state index in [9.17, 15) is 18.7 Å². The first-order chi connectivity index (χ1) is 10.5. The maximum absolute atomic E-state index is 13.2. The van der Waals surface area contributed by atoms with Crippen LogP contribution >= 0.6 is 0 Å². The van der Waals surface area contributed by atoms with Crippen LogP contribution in [0.3, 0.4) is 0 Å². The monoisotopic (exact) mass is 312 g/mol. The molecule has 0 aliphatic heterocycles. The maximum atomic E-state index is 13.2. The van der Waals surface area contributed by atoms with Crippen molar-refractivity contribution in [2.24, 2.45) is 0 Å². The summed E-state index contributed by atoms with van der Waals surface area (Å²) in [7, 11) is 0. The number of aliphatic hydroxyl groups excluding tert-OH is 1. The SMILES string of the molecule is CC(NC(=O)NC1CCCCC1)C(O)c1ccc(F)c(F)c1. The number of amides is 2. The molecule has 1 aromatic rings. The van der Waals surface area contributed by atoms with Gasteiger partial charge in [-0.25, -0.2) is 13.6 Å². The summed E-state index contributed by atoms with van der Waals surface area (Å²) in [6.07, 6.45) is 4.24. The summed E-state index contributed by atoms with van der Waals surface area (Å²) in [5.41, 5.74) is 0.226. The van der Waals surface area contributed by atoms with E-state index < -0.39 is 23.8 Å². The number of halogens is 2. The zero-order valence-corrected chi connectivity index (χ0v) is 12.6. The highest BCUT2D eigenvalue weighted by molar-refractivity contribution is 5.74. The Balaban J connectivity index is 1.88. The van der Waals surface area contributed by atoms with Crippen LogP contribution in [-0.2, 0) is 0 Å². The van der Waals surface area contributed by atoms with Crippen molar-refractivity contribution in [3.8, 4) is 0 Å². The van der Waals surface area contributed by atoms with Gasteiger partial charge in [-0.15, -0.1) is 0 Å². The third-order valence-corrected chi connectivity index (χ3v) is 4.06. The lowest BCUT2D eigenvalue weighted by atomic mass is 9.96. The predicted molar refractivity (Wildman–Crippen MR) is 79.3 cm³/mol. The number of nitrogens with one attached hydrogen (secondary N) is 2. The molecule has 2 amide bonds. The van der Waals surface area contributed by atoms with Crippen molar-refractivity contribution in [1.82, 2.24) is 10.6 Å². The van der Waals surface area contributed by atoms with E-state index in [1.165, 1.54) is 12.5 Å². The third-order valence-electron chi connectivity index (χ3n) is 4.06. The molecule has 0 heterocycles. The van der Waals surface area contributed by atoms with Crippen LogP contribution in [0.2, 0.25) is 0 Å². The van der Waals surface area contributed by atoms with E-state index in [0.29, 0.717) is 0 Å². The van der Waals surface area contributed by atoms with Crippen molar-refractivity contribution in [1.29, 1.82) is 0 Å². The van der Waals surface area contributed by atoms with Gasteiger partial charge in [0.15, 0.2) is 11.6 Å². The molecule has 0 aromatic heterocycles. The van der Waals surface area contributed by atoms with Crippen molar-refractivity contribution in [2.45, 2.75) is 57.2 Å². The average Bonchev–Trinajstić information content (AvgIpc) is 2.50. The number of urea groups is 1. The third kappa shape index (κ3) is 4.40. The molecular formula is C16H22F2N2O2. The summed E-state index contributed by atoms with van der Waals surface area (Å²) in [6.45, 7) is 1.62. The van der Waals surface area contributed by atoms with E-state index in [-0.39, 0.29) is 17.6 Å². The first kappa shape index (κ1) is 16.7. The Labute approximate surface area is 128 Å². The normalized spacial score (nSPS) is 18.5. The Morgan fingerprint density at radius 1 is 1.23 bits per heavy atom. The smallest absolute Gasteiger partial charge is 0.315 e. The van der Waals surface area contributed by atoms with Gasteiger partial charge in [-0.3, -0.25) is 0 Å². The van der Waals surface area contributed by atoms with Gasteiger partial charge in [-0.05, 0) is 37.5 Å². The zero-order chi connectivity index (χ0) is 16.1. The van der Waals surface area contributed by atoms with E-state index >= 15 is 0 Å². The standard InChI is InChI=1S/C16H22F2N2O2/c1-10(15(21)11-7-8-13(17)14(18)9-11)19-16(22)20-12-5-3-2-4-6-12/h7-10,12,15,21H,2-6H2,1H3,(H2,19,20,22). The van der Waals surface area contributed by atoms with Gasteiger partial charge in [0.25, 0.3) is 0 Å². The topological polar surface area (TPSA) is 61.4 Å². The molecule has 0 radical (unpaired) electrons. The van der Waals surface area contributed by atoms with Gasteiger partial charge in [0.2, 0.25) is 0 Å². The van der Waals surface area contributed by atoms with Crippen LogP contribution in [0, 0.1) is 11.6 Å². The van der Waals surface area contributed by atoms with Crippen molar-refractivity contribution in [3.05, 3.63) is 35.4 Å². The second kappa shape index (κ2) is 7.54. The number of carbonyl (C=O) groups is 1. The fourth-order valence-corrected chi connectivity index (χ4v) is 2.74. The van der Waals surface area contributed by atoms with Crippen LogP contribution in [0.1, 0.15) is 50.7 Å². The minimum absolute atomic E-state index is 0.168. The van der Waals surface area contributed by atoms with Crippen molar-refractivity contribution in [3.63, 3.8) is 0 Å². The molecule has 0 saturated heterocycles. The summed E-state index contributed by atoms with van der Waals surface area (Å²) >= 11 is 0. The van der Waals surface area contributed by atoms with Crippen molar-refractivity contribution < 1.29 is 18.7 Å². The van der Waals surface area contributed by atoms with E-state index in [4.69, 9.17) is 0 Å². The van der Waals surface area contributed by atoms with Crippen LogP contribution in [0.5, 0.6) is 0 Å². The highest BCUT2D eigenvalue weighted by atomic mass is 19.2. The molecule has 1 fully saturated rings. The second-order valence-electron chi connectivity index (χ2n) is 5.86. The predicted octanol–water partition coefficient (Wildman–Crippen LogP) is 3.02. The summed E-state index contributed by atoms with van der Waals surface area (Å²) < 4.78 is 26.1. The minimum atomic E-state index is -1.10. The fourth-order valence-electron chi connectivity index (χ4n) is 2.74. The van der Waals surface area contributed by atoms with Gasteiger partial charge in [-0.2, -0.15) is 0 Å². The zero-order valence-electron chi connectivity index (χ0n) is 12.6. The molecule has 2 unspecified atom stereocenters. The number of hydrogen-bond donors (Lipinski definition) is 3. The molecule has 1 saturated carbocycles. The van der Waals surface area contributed by atoms with E-state index in [0.717, 1.165) is 37.8 Å². The first-order valence-electron chi connectivity index (χ1n) is 7.67. The molecule has 2 rings (SSSR count). The number of hydrogen-bond acceptors (Lipinski definition) is 2. The van der Waals surface area contributed by atoms with Gasteiger partial charge in [0, 0.05) is 6.04 Å². The Bertz CT molecular complexity index is 519. The lowest BCUT2D eigenvalue weighted by molar-refractivity contribution is 0.136. The van der Waals surface area contributed by atoms with Crippen LogP contribution in [0.15, 0.2) is 18.2 Å². The van der Waals surface area contributed by atoms with Crippen molar-refractivity contribution >= 4 is 6.03 Å². The molecule has 0 bridgehead atoms. The number of benzene rings is 1. The molecule has 122 valence electrons. The minimum Gasteiger partial charge on any atom is -0.386 e. The quantitative estimate of drug-likeness (QED) is 0.800. The van der Waals surface area contributed by atoms with Gasteiger partial charge in [-0.1, -0.05) is 25.3 Å². The van der Waals surface area contributed by atoms with Crippen LogP contribution < -0.4 is 10.6 Å². The fraction of sp³-hybridized carbons (Fsp3) is 0.562. The summed E-state index contributed by atoms with van der Waals surface area (Å²) in [6, 6.07) is 2.41. The van der Waals surface area contributed by atoms with E-state index in [1.807, 2.05) is 0 Å². The highest BCUT2D eigenvalue weighted by Gasteiger charge is 2.21. The molecule has 6 heteroatoms. The molecule has 2 atom stereocenters. The average molecular weight is 312 g/mol. The van der Waals surface area contributed by atoms with Crippen molar-refractivity contribution in [2.75, 3.05) is 0 Å². The Morgan fingerprint density at radius 3 is 2.55 bits per heavy atom. The highest BCUT2D eigenvalue weighted by Crippen LogP contribution is 2.20. The molecule has 1 aromatic carbocycles.